The topological polar surface area (TPSA) is 82.2 Å². The molecule has 3 rings (SSSR count). The van der Waals surface area contributed by atoms with Crippen LogP contribution in [0.15, 0.2) is 15.7 Å². The summed E-state index contributed by atoms with van der Waals surface area (Å²) in [5, 5.41) is 21.2. The monoisotopic (exact) mass is 376 g/mol. The number of aryl methyl sites for hydroxylation is 1. The molecule has 1 aromatic rings. The Hall–Kier alpha value is -1.89. The number of aromatic nitrogens is 1. The van der Waals surface area contributed by atoms with Crippen LogP contribution >= 0.6 is 0 Å². The maximum atomic E-state index is 13.5. The van der Waals surface area contributed by atoms with Crippen molar-refractivity contribution in [2.24, 2.45) is 11.0 Å². The average molecular weight is 377 g/mol. The van der Waals surface area contributed by atoms with Crippen LogP contribution in [0, 0.1) is 12.8 Å². The van der Waals surface area contributed by atoms with E-state index < -0.39 is 12.0 Å². The first-order valence-corrected chi connectivity index (χ1v) is 9.90. The number of hydrogen-bond acceptors (Lipinski definition) is 6. The molecule has 1 N–H and O–H groups in total. The molecule has 0 aromatic carbocycles. The molecular weight excluding hydrogens is 344 g/mol. The molecule has 1 amide bonds. The van der Waals surface area contributed by atoms with Gasteiger partial charge in [-0.25, -0.2) is 0 Å². The number of carbonyl (C=O) groups is 1. The minimum atomic E-state index is -0.523. The summed E-state index contributed by atoms with van der Waals surface area (Å²) >= 11 is 0. The van der Waals surface area contributed by atoms with Gasteiger partial charge in [0.2, 0.25) is 5.91 Å². The van der Waals surface area contributed by atoms with E-state index >= 15 is 0 Å². The van der Waals surface area contributed by atoms with Crippen molar-refractivity contribution >= 4 is 11.6 Å². The van der Waals surface area contributed by atoms with Crippen molar-refractivity contribution in [3.05, 3.63) is 17.5 Å². The van der Waals surface area contributed by atoms with E-state index in [4.69, 9.17) is 9.62 Å². The van der Waals surface area contributed by atoms with Gasteiger partial charge < -0.3 is 14.5 Å². The fraction of sp³-hybridized carbons (Fsp3) is 0.750. The molecule has 2 aliphatic rings. The minimum absolute atomic E-state index is 0.0156. The number of aliphatic hydroxyl groups excluding tert-OH is 1. The maximum Gasteiger partial charge on any atom is 0.234 e. The summed E-state index contributed by atoms with van der Waals surface area (Å²) in [6.07, 6.45) is 0.818. The number of carbonyl (C=O) groups excluding carboxylic acids is 1. The summed E-state index contributed by atoms with van der Waals surface area (Å²) in [7, 11) is 0. The van der Waals surface area contributed by atoms with E-state index in [1.54, 1.807) is 4.90 Å². The standard InChI is InChI=1S/C20H32N4O3/c1-7-24-20(5,6)10-15(21-24)16-9-14(25)11-23(16)19(26)18(12(2)3)17-8-13(4)22-27-17/h8,12,14,16,18,25H,7,9-11H2,1-6H3/t14-,16+,18-/m1/s1. The van der Waals surface area contributed by atoms with Crippen molar-refractivity contribution in [3.63, 3.8) is 0 Å². The quantitative estimate of drug-likeness (QED) is 0.854. The summed E-state index contributed by atoms with van der Waals surface area (Å²) < 4.78 is 5.43. The van der Waals surface area contributed by atoms with Crippen LogP contribution in [-0.2, 0) is 4.79 Å². The van der Waals surface area contributed by atoms with Crippen molar-refractivity contribution in [3.8, 4) is 0 Å². The molecule has 0 radical (unpaired) electrons. The normalized spacial score (nSPS) is 26.0. The first-order chi connectivity index (χ1) is 12.6. The van der Waals surface area contributed by atoms with E-state index in [1.165, 1.54) is 0 Å². The number of hydrogen-bond donors (Lipinski definition) is 1. The van der Waals surface area contributed by atoms with Crippen LogP contribution in [0.3, 0.4) is 0 Å². The molecule has 0 unspecified atom stereocenters. The van der Waals surface area contributed by atoms with E-state index in [0.29, 0.717) is 18.7 Å². The Balaban J connectivity index is 1.88. The highest BCUT2D eigenvalue weighted by Gasteiger charge is 2.45. The van der Waals surface area contributed by atoms with E-state index in [1.807, 2.05) is 26.8 Å². The molecule has 3 heterocycles. The van der Waals surface area contributed by atoms with Gasteiger partial charge in [0, 0.05) is 32.0 Å². The van der Waals surface area contributed by atoms with Gasteiger partial charge >= 0.3 is 0 Å². The van der Waals surface area contributed by atoms with Crippen molar-refractivity contribution in [2.75, 3.05) is 13.1 Å². The van der Waals surface area contributed by atoms with Gasteiger partial charge in [-0.05, 0) is 33.6 Å². The van der Waals surface area contributed by atoms with Gasteiger partial charge in [-0.1, -0.05) is 19.0 Å². The third-order valence-corrected chi connectivity index (χ3v) is 5.69. The number of aliphatic hydroxyl groups is 1. The predicted molar refractivity (Wildman–Crippen MR) is 103 cm³/mol. The zero-order valence-electron chi connectivity index (χ0n) is 17.3. The molecule has 150 valence electrons. The third kappa shape index (κ3) is 3.74. The first kappa shape index (κ1) is 19.9. The number of hydrazone groups is 1. The number of nitrogens with zero attached hydrogens (tertiary/aromatic N) is 4. The molecular formula is C20H32N4O3. The van der Waals surface area contributed by atoms with Crippen molar-refractivity contribution in [1.82, 2.24) is 15.1 Å². The second-order valence-corrected chi connectivity index (χ2v) is 8.78. The highest BCUT2D eigenvalue weighted by molar-refractivity contribution is 5.96. The van der Waals surface area contributed by atoms with E-state index in [-0.39, 0.29) is 23.4 Å². The molecule has 7 heteroatoms. The lowest BCUT2D eigenvalue weighted by Gasteiger charge is -2.30. The third-order valence-electron chi connectivity index (χ3n) is 5.69. The molecule has 2 aliphatic heterocycles. The van der Waals surface area contributed by atoms with Crippen LogP contribution < -0.4 is 0 Å². The zero-order valence-corrected chi connectivity index (χ0v) is 17.3. The number of amides is 1. The van der Waals surface area contributed by atoms with E-state index in [0.717, 1.165) is 24.4 Å². The Kier molecular flexibility index (Phi) is 5.34. The summed E-state index contributed by atoms with van der Waals surface area (Å²) in [5.41, 5.74) is 1.69. The van der Waals surface area contributed by atoms with Crippen molar-refractivity contribution in [2.45, 2.75) is 78.0 Å². The van der Waals surface area contributed by atoms with Crippen LogP contribution in [0.4, 0.5) is 0 Å². The number of β-amino-alcohol motifs (C(OH)–C–C–N with tert-alkyl or cyclic N) is 1. The van der Waals surface area contributed by atoms with Crippen LogP contribution in [0.2, 0.25) is 0 Å². The van der Waals surface area contributed by atoms with Gasteiger partial charge in [-0.2, -0.15) is 5.10 Å². The lowest BCUT2D eigenvalue weighted by atomic mass is 9.90. The molecule has 1 saturated heterocycles. The summed E-state index contributed by atoms with van der Waals surface area (Å²) in [5.74, 6) is 0.239. The van der Waals surface area contributed by atoms with Crippen LogP contribution in [0.1, 0.15) is 64.8 Å². The molecule has 0 bridgehead atoms. The Morgan fingerprint density at radius 1 is 1.44 bits per heavy atom. The Morgan fingerprint density at radius 3 is 2.67 bits per heavy atom. The van der Waals surface area contributed by atoms with Gasteiger partial charge in [-0.3, -0.25) is 9.80 Å². The lowest BCUT2D eigenvalue weighted by Crippen LogP contribution is -2.44. The summed E-state index contributed by atoms with van der Waals surface area (Å²) in [6, 6.07) is 1.67. The second kappa shape index (κ2) is 7.26. The molecule has 3 atom stereocenters. The van der Waals surface area contributed by atoms with Crippen molar-refractivity contribution in [1.29, 1.82) is 0 Å². The molecule has 0 aliphatic carbocycles. The highest BCUT2D eigenvalue weighted by atomic mass is 16.5. The fourth-order valence-electron chi connectivity index (χ4n) is 4.36. The van der Waals surface area contributed by atoms with Crippen LogP contribution in [0.25, 0.3) is 0 Å². The lowest BCUT2D eigenvalue weighted by molar-refractivity contribution is -0.134. The van der Waals surface area contributed by atoms with Crippen LogP contribution in [-0.4, -0.2) is 62.6 Å². The molecule has 0 saturated carbocycles. The molecule has 0 spiro atoms. The molecule has 1 fully saturated rings. The fourth-order valence-corrected chi connectivity index (χ4v) is 4.36. The first-order valence-electron chi connectivity index (χ1n) is 9.90. The van der Waals surface area contributed by atoms with Crippen molar-refractivity contribution < 1.29 is 14.4 Å². The second-order valence-electron chi connectivity index (χ2n) is 8.78. The largest absolute Gasteiger partial charge is 0.391 e. The number of rotatable bonds is 5. The zero-order chi connectivity index (χ0) is 19.9. The molecule has 7 nitrogen and oxygen atoms in total. The van der Waals surface area contributed by atoms with E-state index in [2.05, 4.69) is 30.9 Å². The number of likely N-dealkylation sites (tertiary alicyclic amines) is 1. The highest BCUT2D eigenvalue weighted by Crippen LogP contribution is 2.35. The maximum absolute atomic E-state index is 13.5. The van der Waals surface area contributed by atoms with E-state index in [9.17, 15) is 9.90 Å². The summed E-state index contributed by atoms with van der Waals surface area (Å²) in [6.45, 7) is 13.5. The smallest absolute Gasteiger partial charge is 0.234 e. The predicted octanol–water partition coefficient (Wildman–Crippen LogP) is 2.54. The van der Waals surface area contributed by atoms with Gasteiger partial charge in [-0.15, -0.1) is 0 Å². The Labute approximate surface area is 161 Å². The van der Waals surface area contributed by atoms with Gasteiger partial charge in [0.05, 0.1) is 29.1 Å². The van der Waals surface area contributed by atoms with Gasteiger partial charge in [0.15, 0.2) is 0 Å². The van der Waals surface area contributed by atoms with Crippen LogP contribution in [0.5, 0.6) is 0 Å². The molecule has 27 heavy (non-hydrogen) atoms. The Bertz CT molecular complexity index is 725. The minimum Gasteiger partial charge on any atom is -0.391 e. The van der Waals surface area contributed by atoms with Gasteiger partial charge in [0.1, 0.15) is 11.7 Å². The van der Waals surface area contributed by atoms with Gasteiger partial charge in [0.25, 0.3) is 0 Å². The molecule has 1 aromatic heterocycles. The average Bonchev–Trinajstić information content (AvgIpc) is 3.24. The summed E-state index contributed by atoms with van der Waals surface area (Å²) in [4.78, 5) is 15.3. The Morgan fingerprint density at radius 2 is 2.15 bits per heavy atom. The SMILES string of the molecule is CCN1N=C([C@@H]2C[C@@H](O)CN2C(=O)[C@@H](c2cc(C)no2)C(C)C)CC1(C)C.